The topological polar surface area (TPSA) is 58.6 Å². The highest BCUT2D eigenvalue weighted by molar-refractivity contribution is 6.07. The number of rotatable bonds is 7. The number of methoxy groups -OCH3 is 1. The number of hydrogen-bond acceptors (Lipinski definition) is 3. The van der Waals surface area contributed by atoms with E-state index in [1.54, 1.807) is 7.11 Å². The van der Waals surface area contributed by atoms with Crippen molar-refractivity contribution < 1.29 is 14.3 Å². The van der Waals surface area contributed by atoms with Crippen molar-refractivity contribution in [2.24, 2.45) is 0 Å². The van der Waals surface area contributed by atoms with Gasteiger partial charge in [-0.05, 0) is 28.8 Å². The Hall–Kier alpha value is -3.60. The third-order valence-corrected chi connectivity index (χ3v) is 5.42. The molecule has 0 bridgehead atoms. The lowest BCUT2D eigenvalue weighted by molar-refractivity contribution is -0.131. The molecule has 0 aromatic heterocycles. The number of nitrogens with zero attached hydrogens (tertiary/aromatic N) is 1. The fourth-order valence-corrected chi connectivity index (χ4v) is 3.96. The van der Waals surface area contributed by atoms with Gasteiger partial charge in [0.15, 0.2) is 0 Å². The van der Waals surface area contributed by atoms with Gasteiger partial charge in [0.2, 0.25) is 0 Å². The summed E-state index contributed by atoms with van der Waals surface area (Å²) in [5, 5.41) is 3.02. The van der Waals surface area contributed by atoms with Crippen LogP contribution in [-0.2, 0) is 24.2 Å². The summed E-state index contributed by atoms with van der Waals surface area (Å²) < 4.78 is 5.27. The number of nitrogens with one attached hydrogen (secondary N) is 1. The second-order valence-corrected chi connectivity index (χ2v) is 7.58. The Morgan fingerprint density at radius 2 is 1.37 bits per heavy atom. The van der Waals surface area contributed by atoms with E-state index >= 15 is 0 Å². The molecular weight excluding hydrogens is 376 g/mol. The van der Waals surface area contributed by atoms with Gasteiger partial charge in [0.05, 0.1) is 13.7 Å². The fraction of sp³-hybridized carbons (Fsp3) is 0.200. The van der Waals surface area contributed by atoms with E-state index < -0.39 is 5.54 Å². The number of carbonyl (C=O) groups is 2. The van der Waals surface area contributed by atoms with E-state index in [-0.39, 0.29) is 18.5 Å². The molecule has 1 heterocycles. The van der Waals surface area contributed by atoms with Crippen LogP contribution in [0.5, 0.6) is 5.75 Å². The molecule has 0 atom stereocenters. The van der Waals surface area contributed by atoms with E-state index in [2.05, 4.69) is 5.32 Å². The molecule has 1 aliphatic rings. The molecule has 0 radical (unpaired) electrons. The number of imide groups is 1. The highest BCUT2D eigenvalue weighted by Crippen LogP contribution is 2.28. The lowest BCUT2D eigenvalue weighted by atomic mass is 9.84. The molecule has 3 aromatic rings. The number of hydrogen-bond donors (Lipinski definition) is 1. The van der Waals surface area contributed by atoms with Gasteiger partial charge in [-0.2, -0.15) is 0 Å². The van der Waals surface area contributed by atoms with Crippen molar-refractivity contribution in [3.63, 3.8) is 0 Å². The Morgan fingerprint density at radius 3 is 1.93 bits per heavy atom. The van der Waals surface area contributed by atoms with Crippen molar-refractivity contribution in [3.8, 4) is 5.75 Å². The Kier molecular flexibility index (Phi) is 5.53. The van der Waals surface area contributed by atoms with E-state index in [0.29, 0.717) is 18.6 Å². The van der Waals surface area contributed by atoms with Gasteiger partial charge in [-0.1, -0.05) is 72.8 Å². The van der Waals surface area contributed by atoms with Gasteiger partial charge >= 0.3 is 6.03 Å². The quantitative estimate of drug-likeness (QED) is 0.611. The number of ether oxygens (including phenoxy) is 1. The van der Waals surface area contributed by atoms with Crippen molar-refractivity contribution in [2.45, 2.75) is 24.9 Å². The summed E-state index contributed by atoms with van der Waals surface area (Å²) in [4.78, 5) is 27.8. The molecular formula is C25H24N2O3. The van der Waals surface area contributed by atoms with Crippen LogP contribution in [-0.4, -0.2) is 29.5 Å². The second-order valence-electron chi connectivity index (χ2n) is 7.58. The van der Waals surface area contributed by atoms with Crippen LogP contribution in [0.3, 0.4) is 0 Å². The van der Waals surface area contributed by atoms with Gasteiger partial charge in [-0.15, -0.1) is 0 Å². The van der Waals surface area contributed by atoms with Crippen LogP contribution in [0, 0.1) is 0 Å². The molecule has 1 fully saturated rings. The van der Waals surface area contributed by atoms with Crippen LogP contribution in [0.15, 0.2) is 84.9 Å². The molecule has 3 amide bonds. The third kappa shape index (κ3) is 4.06. The summed E-state index contributed by atoms with van der Waals surface area (Å²) in [6.07, 6.45) is 0.865. The highest BCUT2D eigenvalue weighted by atomic mass is 16.5. The van der Waals surface area contributed by atoms with Crippen molar-refractivity contribution in [1.29, 1.82) is 0 Å². The fourth-order valence-electron chi connectivity index (χ4n) is 3.96. The minimum atomic E-state index is -1.02. The summed E-state index contributed by atoms with van der Waals surface area (Å²) in [7, 11) is 1.59. The predicted octanol–water partition coefficient (Wildman–Crippen LogP) is 3.97. The third-order valence-electron chi connectivity index (χ3n) is 5.42. The smallest absolute Gasteiger partial charge is 0.325 e. The Morgan fingerprint density at radius 1 is 0.800 bits per heavy atom. The number of amides is 3. The van der Waals surface area contributed by atoms with Crippen molar-refractivity contribution in [1.82, 2.24) is 10.2 Å². The first kappa shape index (κ1) is 19.7. The Balaban J connectivity index is 1.65. The van der Waals surface area contributed by atoms with Crippen molar-refractivity contribution >= 4 is 11.9 Å². The number of urea groups is 1. The first-order valence-electron chi connectivity index (χ1n) is 9.94. The minimum Gasteiger partial charge on any atom is -0.497 e. The van der Waals surface area contributed by atoms with Gasteiger partial charge in [-0.3, -0.25) is 9.69 Å². The molecule has 5 nitrogen and oxygen atoms in total. The van der Waals surface area contributed by atoms with E-state index in [0.717, 1.165) is 16.7 Å². The SMILES string of the molecule is COc1cccc(CN2C(=O)NC(Cc3ccccc3)(Cc3ccccc3)C2=O)c1. The monoisotopic (exact) mass is 400 g/mol. The van der Waals surface area contributed by atoms with E-state index in [1.807, 2.05) is 84.9 Å². The normalized spacial score (nSPS) is 15.2. The minimum absolute atomic E-state index is 0.202. The predicted molar refractivity (Wildman–Crippen MR) is 115 cm³/mol. The van der Waals surface area contributed by atoms with Crippen LogP contribution in [0.1, 0.15) is 16.7 Å². The Bertz CT molecular complexity index is 993. The summed E-state index contributed by atoms with van der Waals surface area (Å²) in [5.74, 6) is 0.488. The van der Waals surface area contributed by atoms with Gasteiger partial charge in [0.1, 0.15) is 11.3 Å². The number of carbonyl (C=O) groups excluding carboxylic acids is 2. The van der Waals surface area contributed by atoms with Gasteiger partial charge in [0.25, 0.3) is 5.91 Å². The molecule has 1 aliphatic heterocycles. The van der Waals surface area contributed by atoms with Gasteiger partial charge < -0.3 is 10.1 Å². The molecule has 4 rings (SSSR count). The molecule has 1 N–H and O–H groups in total. The molecule has 0 saturated carbocycles. The van der Waals surface area contributed by atoms with Gasteiger partial charge in [-0.25, -0.2) is 4.79 Å². The van der Waals surface area contributed by atoms with Crippen LogP contribution in [0.25, 0.3) is 0 Å². The second kappa shape index (κ2) is 8.41. The molecule has 152 valence electrons. The maximum absolute atomic E-state index is 13.6. The zero-order valence-electron chi connectivity index (χ0n) is 16.9. The summed E-state index contributed by atoms with van der Waals surface area (Å²) >= 11 is 0. The molecule has 0 aliphatic carbocycles. The van der Waals surface area contributed by atoms with Crippen molar-refractivity contribution in [2.75, 3.05) is 7.11 Å². The summed E-state index contributed by atoms with van der Waals surface area (Å²) in [6.45, 7) is 0.202. The highest BCUT2D eigenvalue weighted by Gasteiger charge is 2.51. The molecule has 3 aromatic carbocycles. The first-order chi connectivity index (χ1) is 14.6. The number of benzene rings is 3. The molecule has 5 heteroatoms. The maximum atomic E-state index is 13.6. The van der Waals surface area contributed by atoms with Crippen LogP contribution >= 0.6 is 0 Å². The summed E-state index contributed by atoms with van der Waals surface area (Å²) in [6, 6.07) is 26.7. The average Bonchev–Trinajstić information content (AvgIpc) is 2.99. The van der Waals surface area contributed by atoms with Gasteiger partial charge in [0, 0.05) is 12.8 Å². The van der Waals surface area contributed by atoms with E-state index in [9.17, 15) is 9.59 Å². The largest absolute Gasteiger partial charge is 0.497 e. The summed E-state index contributed by atoms with van der Waals surface area (Å²) in [5.41, 5.74) is 1.84. The molecule has 1 saturated heterocycles. The van der Waals surface area contributed by atoms with E-state index in [4.69, 9.17) is 4.74 Å². The molecule has 0 unspecified atom stereocenters. The van der Waals surface area contributed by atoms with Crippen molar-refractivity contribution in [3.05, 3.63) is 102 Å². The van der Waals surface area contributed by atoms with E-state index in [1.165, 1.54) is 4.90 Å². The Labute approximate surface area is 176 Å². The maximum Gasteiger partial charge on any atom is 0.325 e. The standard InChI is InChI=1S/C25H24N2O3/c1-30-22-14-8-13-21(15-22)18-27-23(28)25(26-24(27)29,16-19-9-4-2-5-10-19)17-20-11-6-3-7-12-20/h2-15H,16-18H2,1H3,(H,26,29). The van der Waals surface area contributed by atoms with Crippen LogP contribution in [0.4, 0.5) is 4.79 Å². The van der Waals surface area contributed by atoms with Crippen LogP contribution in [0.2, 0.25) is 0 Å². The van der Waals surface area contributed by atoms with Crippen LogP contribution < -0.4 is 10.1 Å². The lowest BCUT2D eigenvalue weighted by Gasteiger charge is -2.27. The average molecular weight is 400 g/mol. The zero-order valence-corrected chi connectivity index (χ0v) is 16.9. The molecule has 30 heavy (non-hydrogen) atoms. The molecule has 0 spiro atoms. The zero-order chi connectivity index (χ0) is 21.0. The first-order valence-corrected chi connectivity index (χ1v) is 9.94. The lowest BCUT2D eigenvalue weighted by Crippen LogP contribution is -2.51.